The van der Waals surface area contributed by atoms with E-state index in [1.165, 1.54) is 11.3 Å². The van der Waals surface area contributed by atoms with Gasteiger partial charge in [-0.1, -0.05) is 36.4 Å². The fraction of sp³-hybridized carbons (Fsp3) is 0. The fourth-order valence-electron chi connectivity index (χ4n) is 4.03. The van der Waals surface area contributed by atoms with Crippen molar-refractivity contribution in [2.45, 2.75) is 0 Å². The summed E-state index contributed by atoms with van der Waals surface area (Å²) in [4.78, 5) is 55.0. The third-order valence-electron chi connectivity index (χ3n) is 5.92. The lowest BCUT2D eigenvalue weighted by atomic mass is 10.1. The monoisotopic (exact) mass is 535 g/mol. The van der Waals surface area contributed by atoms with Crippen LogP contribution in [-0.2, 0) is 0 Å². The van der Waals surface area contributed by atoms with E-state index in [0.717, 1.165) is 12.3 Å². The molecular weight excluding hydrogens is 518 g/mol. The Kier molecular flexibility index (Phi) is 6.06. The Morgan fingerprint density at radius 2 is 1.56 bits per heavy atom. The van der Waals surface area contributed by atoms with Gasteiger partial charge in [-0.15, -0.1) is 11.3 Å². The van der Waals surface area contributed by atoms with Crippen LogP contribution >= 0.6 is 11.3 Å². The van der Waals surface area contributed by atoms with Gasteiger partial charge in [0.1, 0.15) is 23.0 Å². The second kappa shape index (κ2) is 9.84. The number of nitrogens with one attached hydrogen (secondary N) is 2. The van der Waals surface area contributed by atoms with E-state index >= 15 is 0 Å². The van der Waals surface area contributed by atoms with Gasteiger partial charge < -0.3 is 14.2 Å². The van der Waals surface area contributed by atoms with E-state index in [9.17, 15) is 19.2 Å². The minimum Gasteiger partial charge on any atom is -0.463 e. The summed E-state index contributed by atoms with van der Waals surface area (Å²) in [6, 6.07) is 21.4. The number of aromatic nitrogens is 1. The number of carbonyl (C=O) groups excluding carboxylic acids is 2. The zero-order chi connectivity index (χ0) is 26.9. The summed E-state index contributed by atoms with van der Waals surface area (Å²) in [6.45, 7) is 0. The van der Waals surface area contributed by atoms with Gasteiger partial charge in [-0.25, -0.2) is 4.98 Å². The third kappa shape index (κ3) is 4.72. The van der Waals surface area contributed by atoms with Crippen LogP contribution in [0, 0.1) is 0 Å². The first kappa shape index (κ1) is 24.0. The van der Waals surface area contributed by atoms with Gasteiger partial charge in [0.25, 0.3) is 11.8 Å². The molecule has 0 aliphatic rings. The summed E-state index contributed by atoms with van der Waals surface area (Å²) in [5.74, 6) is -1.33. The van der Waals surface area contributed by atoms with Crippen molar-refractivity contribution in [1.29, 1.82) is 0 Å². The quantitative estimate of drug-likeness (QED) is 0.297. The van der Waals surface area contributed by atoms with E-state index in [4.69, 9.17) is 8.83 Å². The molecule has 9 nitrogen and oxygen atoms in total. The number of carbonyl (C=O) groups is 2. The number of thiazole rings is 1. The average Bonchev–Trinajstić information content (AvgIpc) is 3.42. The Labute approximate surface area is 223 Å². The van der Waals surface area contributed by atoms with Crippen molar-refractivity contribution in [1.82, 2.24) is 4.98 Å². The van der Waals surface area contributed by atoms with E-state index in [1.54, 1.807) is 78.2 Å². The first-order valence-electron chi connectivity index (χ1n) is 11.7. The molecule has 0 unspecified atom stereocenters. The molecule has 2 N–H and O–H groups in total. The highest BCUT2D eigenvalue weighted by atomic mass is 32.1. The second-order valence-electron chi connectivity index (χ2n) is 8.47. The molecule has 3 aromatic heterocycles. The van der Waals surface area contributed by atoms with Gasteiger partial charge in [-0.2, -0.15) is 0 Å². The van der Waals surface area contributed by atoms with Gasteiger partial charge in [0.05, 0.1) is 16.5 Å². The van der Waals surface area contributed by atoms with Crippen molar-refractivity contribution in [3.63, 3.8) is 0 Å². The predicted molar refractivity (Wildman–Crippen MR) is 148 cm³/mol. The standard InChI is InChI=1S/C29H17N3O6S/c33-22-13-25(38-24-11-4-1-8-18(22)24)28(36)32-29-31-21(15-39-29)16-6-5-7-17(12-16)30-27(35)20-14-37-23-10-3-2-9-19(23)26(20)34/h1-15H,(H,30,35)(H,31,32,36). The Hall–Kier alpha value is -5.35. The molecule has 6 rings (SSSR count). The molecule has 3 aromatic carbocycles. The predicted octanol–water partition coefficient (Wildman–Crippen LogP) is 5.53. The molecule has 10 heteroatoms. The minimum atomic E-state index is -0.603. The van der Waals surface area contributed by atoms with Crippen molar-refractivity contribution in [3.05, 3.63) is 122 Å². The highest BCUT2D eigenvalue weighted by Crippen LogP contribution is 2.27. The number of hydrogen-bond donors (Lipinski definition) is 2. The molecule has 0 saturated heterocycles. The Morgan fingerprint density at radius 1 is 0.795 bits per heavy atom. The van der Waals surface area contributed by atoms with Crippen molar-refractivity contribution >= 4 is 55.9 Å². The van der Waals surface area contributed by atoms with Crippen molar-refractivity contribution in [2.24, 2.45) is 0 Å². The molecule has 0 radical (unpaired) electrons. The summed E-state index contributed by atoms with van der Waals surface area (Å²) in [5, 5.41) is 8.12. The van der Waals surface area contributed by atoms with Crippen molar-refractivity contribution in [3.8, 4) is 11.3 Å². The smallest absolute Gasteiger partial charge is 0.293 e. The van der Waals surface area contributed by atoms with E-state index in [-0.39, 0.29) is 16.8 Å². The maximum Gasteiger partial charge on any atom is 0.293 e. The molecule has 0 aliphatic carbocycles. The molecule has 0 bridgehead atoms. The third-order valence-corrected chi connectivity index (χ3v) is 6.68. The summed E-state index contributed by atoms with van der Waals surface area (Å²) >= 11 is 1.19. The Balaban J connectivity index is 1.20. The van der Waals surface area contributed by atoms with E-state index < -0.39 is 17.2 Å². The molecular formula is C29H17N3O6S. The second-order valence-corrected chi connectivity index (χ2v) is 9.33. The lowest BCUT2D eigenvalue weighted by molar-refractivity contribution is 0.0994. The molecule has 0 saturated carbocycles. The van der Waals surface area contributed by atoms with E-state index in [2.05, 4.69) is 15.6 Å². The lowest BCUT2D eigenvalue weighted by Gasteiger charge is -2.07. The highest BCUT2D eigenvalue weighted by molar-refractivity contribution is 7.14. The van der Waals surface area contributed by atoms with Gasteiger partial charge in [-0.05, 0) is 36.4 Å². The van der Waals surface area contributed by atoms with Crippen LogP contribution in [0.2, 0.25) is 0 Å². The van der Waals surface area contributed by atoms with Crippen LogP contribution in [0.4, 0.5) is 10.8 Å². The van der Waals surface area contributed by atoms with Crippen LogP contribution in [0.25, 0.3) is 33.2 Å². The summed E-state index contributed by atoms with van der Waals surface area (Å²) in [6.07, 6.45) is 1.15. The first-order chi connectivity index (χ1) is 19.0. The zero-order valence-corrected chi connectivity index (χ0v) is 20.8. The maximum absolute atomic E-state index is 12.8. The lowest BCUT2D eigenvalue weighted by Crippen LogP contribution is -2.21. The molecule has 2 amide bonds. The number of fused-ring (bicyclic) bond motifs is 2. The number of hydrogen-bond acceptors (Lipinski definition) is 8. The number of anilines is 2. The Bertz CT molecular complexity index is 2020. The topological polar surface area (TPSA) is 132 Å². The first-order valence-corrected chi connectivity index (χ1v) is 12.6. The molecule has 0 atom stereocenters. The highest BCUT2D eigenvalue weighted by Gasteiger charge is 2.17. The van der Waals surface area contributed by atoms with Crippen LogP contribution in [0.5, 0.6) is 0 Å². The van der Waals surface area contributed by atoms with Crippen LogP contribution < -0.4 is 21.5 Å². The Morgan fingerprint density at radius 3 is 2.41 bits per heavy atom. The van der Waals surface area contributed by atoms with Crippen molar-refractivity contribution < 1.29 is 18.4 Å². The molecule has 0 spiro atoms. The van der Waals surface area contributed by atoms with E-state index in [0.29, 0.717) is 44.0 Å². The van der Waals surface area contributed by atoms with Gasteiger partial charge in [0.2, 0.25) is 5.43 Å². The molecule has 0 fully saturated rings. The van der Waals surface area contributed by atoms with Gasteiger partial charge in [0, 0.05) is 22.7 Å². The van der Waals surface area contributed by atoms with Gasteiger partial charge in [-0.3, -0.25) is 24.5 Å². The molecule has 190 valence electrons. The summed E-state index contributed by atoms with van der Waals surface area (Å²) < 4.78 is 11.0. The molecule has 3 heterocycles. The summed E-state index contributed by atoms with van der Waals surface area (Å²) in [7, 11) is 0. The normalized spacial score (nSPS) is 11.0. The zero-order valence-electron chi connectivity index (χ0n) is 20.0. The van der Waals surface area contributed by atoms with Crippen LogP contribution in [0.3, 0.4) is 0 Å². The molecule has 6 aromatic rings. The van der Waals surface area contributed by atoms with Gasteiger partial charge >= 0.3 is 0 Å². The SMILES string of the molecule is O=C(Nc1nc(-c2cccc(NC(=O)c3coc4ccccc4c3=O)c2)cs1)c1cc(=O)c2ccccc2o1. The van der Waals surface area contributed by atoms with E-state index in [1.807, 2.05) is 0 Å². The fourth-order valence-corrected chi connectivity index (χ4v) is 4.74. The van der Waals surface area contributed by atoms with Crippen LogP contribution in [0.15, 0.2) is 109 Å². The van der Waals surface area contributed by atoms with Crippen LogP contribution in [0.1, 0.15) is 20.9 Å². The number of amides is 2. The number of para-hydroxylation sites is 2. The maximum atomic E-state index is 12.8. The number of benzene rings is 3. The van der Waals surface area contributed by atoms with Crippen LogP contribution in [-0.4, -0.2) is 16.8 Å². The molecule has 0 aliphatic heterocycles. The molecule has 39 heavy (non-hydrogen) atoms. The van der Waals surface area contributed by atoms with Crippen molar-refractivity contribution in [2.75, 3.05) is 10.6 Å². The largest absolute Gasteiger partial charge is 0.463 e. The van der Waals surface area contributed by atoms with Gasteiger partial charge in [0.15, 0.2) is 16.3 Å². The summed E-state index contributed by atoms with van der Waals surface area (Å²) in [5.41, 5.74) is 1.53. The minimum absolute atomic E-state index is 0.113. The number of rotatable bonds is 5. The number of nitrogens with zero attached hydrogens (tertiary/aromatic N) is 1. The average molecular weight is 536 g/mol.